The van der Waals surface area contributed by atoms with E-state index in [-0.39, 0.29) is 67.2 Å². The molecule has 0 aliphatic rings. The molecule has 0 aliphatic heterocycles. The van der Waals surface area contributed by atoms with E-state index in [0.29, 0.717) is 13.0 Å². The van der Waals surface area contributed by atoms with Gasteiger partial charge in [0.15, 0.2) is 5.78 Å². The Labute approximate surface area is 473 Å². The molecule has 0 spiro atoms. The van der Waals surface area contributed by atoms with Gasteiger partial charge >= 0.3 is 0 Å². The number of hydrogen-bond acceptors (Lipinski definition) is 16. The van der Waals surface area contributed by atoms with Crippen LogP contribution in [0.3, 0.4) is 0 Å². The number of hydrogen-bond donors (Lipinski definition) is 3. The summed E-state index contributed by atoms with van der Waals surface area (Å²) in [7, 11) is 16.7. The van der Waals surface area contributed by atoms with Gasteiger partial charge in [-0.3, -0.25) is 67.1 Å². The molecule has 0 aromatic carbocycles. The maximum Gasteiger partial charge on any atom is 0.242 e. The Morgan fingerprint density at radius 1 is 0.354 bits per heavy atom. The first-order valence-electron chi connectivity index (χ1n) is 25.6. The predicted molar refractivity (Wildman–Crippen MR) is 298 cm³/mol. The Morgan fingerprint density at radius 2 is 0.658 bits per heavy atom. The van der Waals surface area contributed by atoms with E-state index in [9.17, 15) is 67.1 Å². The molecule has 3 N–H and O–H groups in total. The summed E-state index contributed by atoms with van der Waals surface area (Å²) >= 11 is 0. The van der Waals surface area contributed by atoms with E-state index in [2.05, 4.69) is 16.0 Å². The highest BCUT2D eigenvalue weighted by Crippen LogP contribution is 2.28. The van der Waals surface area contributed by atoms with Crippen LogP contribution in [0, 0.1) is 11.8 Å². The van der Waals surface area contributed by atoms with Crippen molar-refractivity contribution in [3.05, 3.63) is 0 Å². The Kier molecular flexibility index (Phi) is 33.6. The maximum absolute atomic E-state index is 13.0. The van der Waals surface area contributed by atoms with Gasteiger partial charge in [0.2, 0.25) is 76.8 Å². The Bertz CT molecular complexity index is 2170. The van der Waals surface area contributed by atoms with E-state index in [4.69, 9.17) is 0 Å². The molecule has 0 saturated heterocycles. The first-order valence-corrected chi connectivity index (χ1v) is 28.0. The summed E-state index contributed by atoms with van der Waals surface area (Å²) in [6, 6.07) is -0.740. The van der Waals surface area contributed by atoms with Crippen molar-refractivity contribution in [3.8, 4) is 0 Å². The van der Waals surface area contributed by atoms with Gasteiger partial charge in [-0.05, 0) is 13.3 Å². The molecule has 2 atom stereocenters. The molecule has 0 aromatic rings. The largest absolute Gasteiger partial charge is 0.356 e. The molecule has 13 amide bonds. The van der Waals surface area contributed by atoms with Crippen LogP contribution in [0.25, 0.3) is 0 Å². The fourth-order valence-electron chi connectivity index (χ4n) is 6.42. The molecule has 0 bridgehead atoms. The molecule has 27 nitrogen and oxygen atoms in total. The lowest BCUT2D eigenvalue weighted by Gasteiger charge is -2.27. The summed E-state index contributed by atoms with van der Waals surface area (Å²) in [4.78, 5) is 188. The standard InChI is InChI=1S/C50H87N13O14S2/c1-33(2)49(76)36(6)53-38(65)23-54(7)40(67)25-56(9)42(69)27-58(11)44(71)29-60(13)46(73)31-62(15)48(75)32-63(16)47(74)30-61(14)45(72)28-59(12)43(70)26-57(10)41(68)24-55(8)39(66)19-20-51-37(64)18-17-35(5)79-78-22-21-52-50(77)34(3)4/h33-36H,17-32H2,1-16H3,(H,51,64)(H,52,77)(H,53,65)/t35?,36-/m0/s1. The van der Waals surface area contributed by atoms with E-state index in [0.717, 1.165) is 49.9 Å². The molecule has 79 heavy (non-hydrogen) atoms. The smallest absolute Gasteiger partial charge is 0.242 e. The number of carbonyl (C=O) groups excluding carboxylic acids is 14. The van der Waals surface area contributed by atoms with E-state index in [1.54, 1.807) is 42.4 Å². The van der Waals surface area contributed by atoms with Gasteiger partial charge in [0.05, 0.1) is 71.5 Å². The van der Waals surface area contributed by atoms with Gasteiger partial charge in [-0.25, -0.2) is 0 Å². The Balaban J connectivity index is 4.79. The Hall–Kier alpha value is -6.52. The summed E-state index contributed by atoms with van der Waals surface area (Å²) in [6.45, 7) is 6.94. The molecular formula is C50H87N13O14S2. The summed E-state index contributed by atoms with van der Waals surface area (Å²) in [5, 5.41) is 8.30. The molecule has 0 saturated carbocycles. The van der Waals surface area contributed by atoms with Crippen molar-refractivity contribution in [1.82, 2.24) is 64.9 Å². The quantitative estimate of drug-likeness (QED) is 0.0424. The molecular weight excluding hydrogens is 1070 g/mol. The molecule has 0 aromatic heterocycles. The van der Waals surface area contributed by atoms with Crippen molar-refractivity contribution in [2.75, 3.05) is 155 Å². The fraction of sp³-hybridized carbons (Fsp3) is 0.720. The summed E-state index contributed by atoms with van der Waals surface area (Å²) < 4.78 is 0. The van der Waals surface area contributed by atoms with Crippen LogP contribution in [-0.2, 0) is 67.1 Å². The fourth-order valence-corrected chi connectivity index (χ4v) is 8.67. The van der Waals surface area contributed by atoms with E-state index >= 15 is 0 Å². The zero-order chi connectivity index (χ0) is 61.0. The van der Waals surface area contributed by atoms with Crippen LogP contribution in [0.1, 0.15) is 60.8 Å². The SMILES string of the molecule is CC(CCC(=O)NCCC(=O)N(C)CC(=O)N(C)CC(=O)N(C)CC(=O)N(C)CC(=O)N(C)CC(=O)N(C)CC(=O)N(C)CC(=O)N(C)CC(=O)N(C)CC(=O)N(C)CC(=O)N[C@@H](C)C(=O)C(C)C)SSCCNC(=O)C(C)C. The minimum Gasteiger partial charge on any atom is -0.356 e. The molecule has 0 rings (SSSR count). The third kappa shape index (κ3) is 29.3. The predicted octanol–water partition coefficient (Wildman–Crippen LogP) is -2.87. The van der Waals surface area contributed by atoms with Crippen molar-refractivity contribution in [1.29, 1.82) is 0 Å². The summed E-state index contributed by atoms with van der Waals surface area (Å²) in [5.74, 6) is -6.47. The minimum absolute atomic E-state index is 0.00533. The lowest BCUT2D eigenvalue weighted by Crippen LogP contribution is -2.49. The second-order valence-electron chi connectivity index (χ2n) is 20.2. The summed E-state index contributed by atoms with van der Waals surface area (Å²) in [5.41, 5.74) is 0. The number of Topliss-reactive ketones (excluding diaryl/α,β-unsaturated/α-hetero) is 1. The van der Waals surface area contributed by atoms with Crippen molar-refractivity contribution < 1.29 is 67.1 Å². The average Bonchev–Trinajstić information content (AvgIpc) is 3.36. The van der Waals surface area contributed by atoms with Crippen LogP contribution >= 0.6 is 21.6 Å². The number of amides is 13. The van der Waals surface area contributed by atoms with Crippen molar-refractivity contribution in [3.63, 3.8) is 0 Å². The van der Waals surface area contributed by atoms with Crippen LogP contribution in [0.5, 0.6) is 0 Å². The van der Waals surface area contributed by atoms with Crippen LogP contribution < -0.4 is 16.0 Å². The van der Waals surface area contributed by atoms with Crippen molar-refractivity contribution in [2.24, 2.45) is 11.8 Å². The molecule has 0 heterocycles. The van der Waals surface area contributed by atoms with Crippen LogP contribution in [0.15, 0.2) is 0 Å². The van der Waals surface area contributed by atoms with Crippen molar-refractivity contribution in [2.45, 2.75) is 72.1 Å². The van der Waals surface area contributed by atoms with Crippen molar-refractivity contribution >= 4 is 104 Å². The molecule has 0 radical (unpaired) electrons. The molecule has 448 valence electrons. The van der Waals surface area contributed by atoms with Gasteiger partial charge < -0.3 is 64.9 Å². The number of carbonyl (C=O) groups is 14. The lowest BCUT2D eigenvalue weighted by molar-refractivity contribution is -0.146. The third-order valence-corrected chi connectivity index (χ3v) is 15.0. The zero-order valence-corrected chi connectivity index (χ0v) is 50.8. The zero-order valence-electron chi connectivity index (χ0n) is 49.1. The number of likely N-dealkylation sites (N-methyl/N-ethyl adjacent to an activating group) is 10. The number of rotatable bonds is 35. The summed E-state index contributed by atoms with van der Waals surface area (Å²) in [6.07, 6.45) is 0.843. The highest BCUT2D eigenvalue weighted by atomic mass is 33.1. The van der Waals surface area contributed by atoms with Gasteiger partial charge in [-0.15, -0.1) is 0 Å². The number of ketones is 1. The lowest BCUT2D eigenvalue weighted by atomic mass is 10.0. The highest BCUT2D eigenvalue weighted by Gasteiger charge is 2.27. The topological polar surface area (TPSA) is 307 Å². The second-order valence-corrected chi connectivity index (χ2v) is 23.1. The van der Waals surface area contributed by atoms with Crippen LogP contribution in [0.4, 0.5) is 0 Å². The average molecular weight is 1160 g/mol. The van der Waals surface area contributed by atoms with Crippen LogP contribution in [-0.4, -0.2) is 298 Å². The molecule has 0 fully saturated rings. The monoisotopic (exact) mass is 1160 g/mol. The van der Waals surface area contributed by atoms with Gasteiger partial charge in [-0.2, -0.15) is 0 Å². The Morgan fingerprint density at radius 3 is 0.962 bits per heavy atom. The van der Waals surface area contributed by atoms with E-state index in [1.807, 2.05) is 20.8 Å². The van der Waals surface area contributed by atoms with Crippen LogP contribution in [0.2, 0.25) is 0 Å². The van der Waals surface area contributed by atoms with E-state index < -0.39 is 123 Å². The maximum atomic E-state index is 13.0. The normalized spacial score (nSPS) is 11.5. The van der Waals surface area contributed by atoms with Gasteiger partial charge in [0.25, 0.3) is 0 Å². The second kappa shape index (κ2) is 36.6. The highest BCUT2D eigenvalue weighted by molar-refractivity contribution is 8.76. The molecule has 0 aliphatic carbocycles. The first kappa shape index (κ1) is 72.5. The van der Waals surface area contributed by atoms with Gasteiger partial charge in [0.1, 0.15) is 0 Å². The van der Waals surface area contributed by atoms with Gasteiger partial charge in [-0.1, -0.05) is 56.2 Å². The number of nitrogens with one attached hydrogen (secondary N) is 3. The number of nitrogens with zero attached hydrogens (tertiary/aromatic N) is 10. The first-order chi connectivity index (χ1) is 36.6. The molecule has 1 unspecified atom stereocenters. The minimum atomic E-state index is -0.740. The molecule has 29 heteroatoms. The van der Waals surface area contributed by atoms with Gasteiger partial charge in [0, 0.05) is 119 Å². The van der Waals surface area contributed by atoms with E-state index in [1.165, 1.54) is 75.4 Å². The third-order valence-electron chi connectivity index (χ3n) is 12.0.